The molecule has 4 heteroatoms. The lowest BCUT2D eigenvalue weighted by atomic mass is 9.96. The molecule has 0 saturated carbocycles. The van der Waals surface area contributed by atoms with Crippen LogP contribution >= 0.6 is 22.6 Å². The van der Waals surface area contributed by atoms with Crippen LogP contribution in [0.1, 0.15) is 23.6 Å². The highest BCUT2D eigenvalue weighted by molar-refractivity contribution is 14.1. The molecule has 0 aliphatic heterocycles. The van der Waals surface area contributed by atoms with Crippen molar-refractivity contribution in [3.8, 4) is 0 Å². The number of rotatable bonds is 2. The van der Waals surface area contributed by atoms with Gasteiger partial charge in [0.1, 0.15) is 0 Å². The average molecular weight is 388 g/mol. The zero-order valence-corrected chi connectivity index (χ0v) is 12.9. The van der Waals surface area contributed by atoms with Gasteiger partial charge < -0.3 is 0 Å². The van der Waals surface area contributed by atoms with Crippen molar-refractivity contribution in [1.29, 1.82) is 0 Å². The second-order valence-corrected chi connectivity index (χ2v) is 5.53. The summed E-state index contributed by atoms with van der Waals surface area (Å²) in [6.07, 6.45) is -2.49. The number of allylic oxidation sites excluding steroid dienone is 1. The van der Waals surface area contributed by atoms with Crippen LogP contribution in [0.25, 0.3) is 5.57 Å². The van der Waals surface area contributed by atoms with E-state index in [0.717, 1.165) is 20.8 Å². The summed E-state index contributed by atoms with van der Waals surface area (Å²) in [5, 5.41) is 0. The molecule has 0 heterocycles. The molecule has 2 aromatic rings. The molecule has 0 atom stereocenters. The van der Waals surface area contributed by atoms with Gasteiger partial charge in [0, 0.05) is 3.57 Å². The van der Waals surface area contributed by atoms with Crippen LogP contribution in [0.4, 0.5) is 13.2 Å². The highest BCUT2D eigenvalue weighted by Gasteiger charge is 2.30. The number of benzene rings is 2. The molecule has 0 amide bonds. The molecule has 0 spiro atoms. The zero-order valence-electron chi connectivity index (χ0n) is 10.7. The van der Waals surface area contributed by atoms with Crippen molar-refractivity contribution in [3.63, 3.8) is 0 Å². The summed E-state index contributed by atoms with van der Waals surface area (Å²) in [5.74, 6) is 0. The number of alkyl halides is 3. The van der Waals surface area contributed by atoms with E-state index in [1.165, 1.54) is 12.1 Å². The molecule has 0 bridgehead atoms. The van der Waals surface area contributed by atoms with E-state index in [4.69, 9.17) is 0 Å². The molecule has 0 saturated heterocycles. The summed E-state index contributed by atoms with van der Waals surface area (Å²) in [6, 6.07) is 13.1. The van der Waals surface area contributed by atoms with Crippen LogP contribution in [-0.4, -0.2) is 0 Å². The molecule has 2 aromatic carbocycles. The van der Waals surface area contributed by atoms with Crippen LogP contribution in [0.5, 0.6) is 0 Å². The Bertz CT molecular complexity index is 625. The Morgan fingerprint density at radius 2 is 1.65 bits per heavy atom. The third kappa shape index (κ3) is 3.42. The van der Waals surface area contributed by atoms with Gasteiger partial charge in [0.2, 0.25) is 0 Å². The summed E-state index contributed by atoms with van der Waals surface area (Å²) in [7, 11) is 0. The summed E-state index contributed by atoms with van der Waals surface area (Å²) < 4.78 is 39.4. The quantitative estimate of drug-likeness (QED) is 0.574. The zero-order chi connectivity index (χ0) is 14.8. The highest BCUT2D eigenvalue weighted by Crippen LogP contribution is 2.32. The van der Waals surface area contributed by atoms with Crippen LogP contribution in [-0.2, 0) is 6.18 Å². The van der Waals surface area contributed by atoms with E-state index in [1.807, 2.05) is 37.3 Å². The minimum atomic E-state index is -4.32. The second-order valence-electron chi connectivity index (χ2n) is 4.29. The first-order valence-corrected chi connectivity index (χ1v) is 7.09. The van der Waals surface area contributed by atoms with Crippen molar-refractivity contribution in [2.75, 3.05) is 0 Å². The molecule has 0 aliphatic rings. The summed E-state index contributed by atoms with van der Waals surface area (Å²) >= 11 is 2.19. The van der Waals surface area contributed by atoms with Crippen molar-refractivity contribution < 1.29 is 13.2 Å². The molecule has 20 heavy (non-hydrogen) atoms. The Morgan fingerprint density at radius 3 is 2.20 bits per heavy atom. The van der Waals surface area contributed by atoms with Crippen LogP contribution in [0, 0.1) is 3.57 Å². The van der Waals surface area contributed by atoms with Gasteiger partial charge in [0.25, 0.3) is 0 Å². The molecule has 0 unspecified atom stereocenters. The Kier molecular flexibility index (Phi) is 4.52. The fourth-order valence-electron chi connectivity index (χ4n) is 1.99. The van der Waals surface area contributed by atoms with E-state index in [1.54, 1.807) is 6.07 Å². The number of hydrogen-bond acceptors (Lipinski definition) is 0. The van der Waals surface area contributed by atoms with E-state index >= 15 is 0 Å². The van der Waals surface area contributed by atoms with Crippen LogP contribution in [0.2, 0.25) is 0 Å². The third-order valence-corrected chi connectivity index (χ3v) is 3.66. The number of halogens is 4. The van der Waals surface area contributed by atoms with E-state index < -0.39 is 11.7 Å². The molecule has 0 N–H and O–H groups in total. The predicted molar refractivity (Wildman–Crippen MR) is 83.4 cm³/mol. The molecule has 104 valence electrons. The Morgan fingerprint density at radius 1 is 1.00 bits per heavy atom. The van der Waals surface area contributed by atoms with Gasteiger partial charge >= 0.3 is 6.18 Å². The van der Waals surface area contributed by atoms with E-state index in [0.29, 0.717) is 5.56 Å². The SMILES string of the molecule is C/C=C(\c1ccc(I)cc1)c1cccc(C(F)(F)F)c1. The number of hydrogen-bond donors (Lipinski definition) is 0. The third-order valence-electron chi connectivity index (χ3n) is 2.94. The van der Waals surface area contributed by atoms with Crippen molar-refractivity contribution in [3.05, 3.63) is 74.9 Å². The summed E-state index contributed by atoms with van der Waals surface area (Å²) in [6.45, 7) is 1.83. The van der Waals surface area contributed by atoms with E-state index in [-0.39, 0.29) is 0 Å². The van der Waals surface area contributed by atoms with Crippen LogP contribution < -0.4 is 0 Å². The summed E-state index contributed by atoms with van der Waals surface area (Å²) in [5.41, 5.74) is 1.66. The average Bonchev–Trinajstić information content (AvgIpc) is 2.41. The first-order valence-electron chi connectivity index (χ1n) is 6.01. The lowest BCUT2D eigenvalue weighted by Gasteiger charge is -2.12. The first-order chi connectivity index (χ1) is 9.41. The minimum Gasteiger partial charge on any atom is -0.166 e. The maximum Gasteiger partial charge on any atom is 0.416 e. The van der Waals surface area contributed by atoms with Crippen molar-refractivity contribution >= 4 is 28.2 Å². The maximum atomic E-state index is 12.8. The fraction of sp³-hybridized carbons (Fsp3) is 0.125. The van der Waals surface area contributed by atoms with Crippen LogP contribution in [0.3, 0.4) is 0 Å². The van der Waals surface area contributed by atoms with Gasteiger partial charge in [-0.3, -0.25) is 0 Å². The molecule has 0 fully saturated rings. The van der Waals surface area contributed by atoms with Gasteiger partial charge in [-0.1, -0.05) is 30.3 Å². The smallest absolute Gasteiger partial charge is 0.166 e. The topological polar surface area (TPSA) is 0 Å². The minimum absolute atomic E-state index is 0.573. The van der Waals surface area contributed by atoms with E-state index in [2.05, 4.69) is 22.6 Å². The molecular formula is C16H12F3I. The molecular weight excluding hydrogens is 376 g/mol. The lowest BCUT2D eigenvalue weighted by Crippen LogP contribution is -2.05. The van der Waals surface area contributed by atoms with Gasteiger partial charge in [-0.15, -0.1) is 0 Å². The Hall–Kier alpha value is -1.30. The van der Waals surface area contributed by atoms with Crippen molar-refractivity contribution in [2.45, 2.75) is 13.1 Å². The molecule has 0 aliphatic carbocycles. The standard InChI is InChI=1S/C16H12F3I/c1-2-15(11-6-8-14(20)9-7-11)12-4-3-5-13(10-12)16(17,18)19/h2-10H,1H3/b15-2+. The van der Waals surface area contributed by atoms with Crippen molar-refractivity contribution in [2.24, 2.45) is 0 Å². The monoisotopic (exact) mass is 388 g/mol. The Labute approximate surface area is 129 Å². The largest absolute Gasteiger partial charge is 0.416 e. The normalized spacial score (nSPS) is 12.6. The Balaban J connectivity index is 2.46. The predicted octanol–water partition coefficient (Wildman–Crippen LogP) is 5.76. The molecule has 2 rings (SSSR count). The highest BCUT2D eigenvalue weighted by atomic mass is 127. The van der Waals surface area contributed by atoms with Gasteiger partial charge in [-0.25, -0.2) is 0 Å². The first kappa shape index (κ1) is 15.1. The molecule has 0 aromatic heterocycles. The second kappa shape index (κ2) is 5.99. The lowest BCUT2D eigenvalue weighted by molar-refractivity contribution is -0.137. The van der Waals surface area contributed by atoms with Gasteiger partial charge in [-0.05, 0) is 70.5 Å². The van der Waals surface area contributed by atoms with Gasteiger partial charge in [0.15, 0.2) is 0 Å². The van der Waals surface area contributed by atoms with Crippen LogP contribution in [0.15, 0.2) is 54.6 Å². The van der Waals surface area contributed by atoms with Gasteiger partial charge in [0.05, 0.1) is 5.56 Å². The molecule has 0 nitrogen and oxygen atoms in total. The fourth-order valence-corrected chi connectivity index (χ4v) is 2.35. The molecule has 0 radical (unpaired) electrons. The maximum absolute atomic E-state index is 12.8. The summed E-state index contributed by atoms with van der Waals surface area (Å²) in [4.78, 5) is 0. The van der Waals surface area contributed by atoms with E-state index in [9.17, 15) is 13.2 Å². The van der Waals surface area contributed by atoms with Crippen molar-refractivity contribution in [1.82, 2.24) is 0 Å². The van der Waals surface area contributed by atoms with Gasteiger partial charge in [-0.2, -0.15) is 13.2 Å².